The molecule has 0 spiro atoms. The van der Waals surface area contributed by atoms with Crippen LogP contribution in [0.4, 0.5) is 4.39 Å². The van der Waals surface area contributed by atoms with Crippen molar-refractivity contribution in [1.82, 2.24) is 4.90 Å². The molecule has 1 heterocycles. The van der Waals surface area contributed by atoms with Crippen LogP contribution in [0.3, 0.4) is 0 Å². The first-order valence-corrected chi connectivity index (χ1v) is 11.3. The summed E-state index contributed by atoms with van der Waals surface area (Å²) in [5.74, 6) is 0.528. The van der Waals surface area contributed by atoms with Crippen LogP contribution in [0.1, 0.15) is 53.9 Å². The summed E-state index contributed by atoms with van der Waals surface area (Å²) in [7, 11) is 0. The van der Waals surface area contributed by atoms with Gasteiger partial charge in [0.2, 0.25) is 0 Å². The van der Waals surface area contributed by atoms with Gasteiger partial charge in [-0.25, -0.2) is 4.39 Å². The number of nitrogens with two attached hydrogens (primary N) is 1. The van der Waals surface area contributed by atoms with Crippen LogP contribution in [0.5, 0.6) is 0 Å². The van der Waals surface area contributed by atoms with E-state index in [9.17, 15) is 9.18 Å². The van der Waals surface area contributed by atoms with Crippen LogP contribution in [0, 0.1) is 5.92 Å². The number of hydrogen-bond acceptors (Lipinski definition) is 4. The average Bonchev–Trinajstić information content (AvgIpc) is 2.80. The van der Waals surface area contributed by atoms with Gasteiger partial charge in [-0.2, -0.15) is 0 Å². The number of carbonyl (C=O) groups excluding carboxylic acids is 1. The Labute approximate surface area is 193 Å². The van der Waals surface area contributed by atoms with Crippen LogP contribution in [0.15, 0.2) is 65.6 Å². The van der Waals surface area contributed by atoms with Gasteiger partial charge in [0.25, 0.3) is 5.91 Å². The fourth-order valence-electron chi connectivity index (χ4n) is 2.93. The Bertz CT molecular complexity index is 709. The van der Waals surface area contributed by atoms with Gasteiger partial charge in [0.05, 0.1) is 0 Å². The highest BCUT2D eigenvalue weighted by molar-refractivity contribution is 5.96. The zero-order valence-corrected chi connectivity index (χ0v) is 20.2. The Kier molecular flexibility index (Phi) is 16.2. The topological polar surface area (TPSA) is 77.2 Å². The third kappa shape index (κ3) is 12.1. The van der Waals surface area contributed by atoms with Crippen molar-refractivity contribution in [3.8, 4) is 0 Å². The van der Waals surface area contributed by atoms with Gasteiger partial charge in [0, 0.05) is 24.6 Å². The van der Waals surface area contributed by atoms with Crippen molar-refractivity contribution >= 4 is 11.9 Å². The molecule has 1 saturated heterocycles. The molecule has 0 saturated carbocycles. The summed E-state index contributed by atoms with van der Waals surface area (Å²) in [6, 6.07) is -0.105. The summed E-state index contributed by atoms with van der Waals surface area (Å²) in [5.41, 5.74) is 6.23. The van der Waals surface area contributed by atoms with Gasteiger partial charge >= 0.3 is 6.02 Å². The molecule has 0 aromatic heterocycles. The predicted molar refractivity (Wildman–Crippen MR) is 130 cm³/mol. The van der Waals surface area contributed by atoms with Crippen LogP contribution < -0.4 is 5.73 Å². The number of rotatable bonds is 10. The van der Waals surface area contributed by atoms with Gasteiger partial charge in [-0.15, -0.1) is 0 Å². The summed E-state index contributed by atoms with van der Waals surface area (Å²) < 4.78 is 18.4. The van der Waals surface area contributed by atoms with E-state index in [1.54, 1.807) is 24.0 Å². The first-order chi connectivity index (χ1) is 15.4. The molecule has 2 unspecified atom stereocenters. The van der Waals surface area contributed by atoms with Gasteiger partial charge in [0.1, 0.15) is 18.5 Å². The minimum absolute atomic E-state index is 0.104. The van der Waals surface area contributed by atoms with Crippen LogP contribution >= 0.6 is 0 Å². The molecule has 1 rings (SSSR count). The Hall–Kier alpha value is -2.83. The maximum absolute atomic E-state index is 13.0. The Morgan fingerprint density at radius 1 is 1.38 bits per heavy atom. The fourth-order valence-corrected chi connectivity index (χ4v) is 2.93. The van der Waals surface area contributed by atoms with E-state index in [-0.39, 0.29) is 17.8 Å². The molecule has 1 fully saturated rings. The molecule has 0 aromatic carbocycles. The summed E-state index contributed by atoms with van der Waals surface area (Å²) in [6.07, 6.45) is 13.3. The SMILES string of the molecule is C=CC(=CC/C=C\C)O/C(N)=N/OCC1CCCN(C(=O)C(/C=C\C(C)F)=C/C)C1.CC. The number of amides is 1. The second kappa shape index (κ2) is 17.8. The molecule has 1 aliphatic rings. The summed E-state index contributed by atoms with van der Waals surface area (Å²) in [6.45, 7) is 14.3. The number of ether oxygens (including phenoxy) is 1. The second-order valence-electron chi connectivity index (χ2n) is 6.98. The molecule has 32 heavy (non-hydrogen) atoms. The van der Waals surface area contributed by atoms with Crippen molar-refractivity contribution in [2.75, 3.05) is 19.7 Å². The number of alkyl halides is 1. The molecule has 1 amide bonds. The molecule has 0 radical (unpaired) electrons. The van der Waals surface area contributed by atoms with Gasteiger partial charge in [-0.05, 0) is 57.3 Å². The van der Waals surface area contributed by atoms with E-state index < -0.39 is 6.17 Å². The monoisotopic (exact) mass is 449 g/mol. The highest BCUT2D eigenvalue weighted by atomic mass is 19.1. The van der Waals surface area contributed by atoms with Crippen molar-refractivity contribution in [1.29, 1.82) is 0 Å². The predicted octanol–water partition coefficient (Wildman–Crippen LogP) is 5.41. The molecule has 180 valence electrons. The molecule has 0 aromatic rings. The quantitative estimate of drug-likeness (QED) is 0.0920. The van der Waals surface area contributed by atoms with Crippen LogP contribution in [0.25, 0.3) is 0 Å². The molecule has 0 bridgehead atoms. The third-order valence-electron chi connectivity index (χ3n) is 4.48. The lowest BCUT2D eigenvalue weighted by Crippen LogP contribution is -2.41. The number of piperidine rings is 1. The Morgan fingerprint density at radius 3 is 2.69 bits per heavy atom. The second-order valence-corrected chi connectivity index (χ2v) is 6.98. The van der Waals surface area contributed by atoms with E-state index >= 15 is 0 Å². The van der Waals surface area contributed by atoms with Crippen molar-refractivity contribution < 1.29 is 18.8 Å². The van der Waals surface area contributed by atoms with Crippen LogP contribution in [-0.4, -0.2) is 42.7 Å². The van der Waals surface area contributed by atoms with Crippen LogP contribution in [0.2, 0.25) is 0 Å². The number of halogens is 1. The van der Waals surface area contributed by atoms with Crippen molar-refractivity contribution in [2.24, 2.45) is 16.8 Å². The lowest BCUT2D eigenvalue weighted by molar-refractivity contribution is -0.129. The van der Waals surface area contributed by atoms with E-state index in [2.05, 4.69) is 11.7 Å². The number of likely N-dealkylation sites (tertiary alicyclic amines) is 1. The van der Waals surface area contributed by atoms with Crippen molar-refractivity contribution in [3.05, 3.63) is 60.4 Å². The van der Waals surface area contributed by atoms with Crippen LogP contribution in [-0.2, 0) is 14.4 Å². The lowest BCUT2D eigenvalue weighted by atomic mass is 9.98. The molecular formula is C25H40FN3O3. The zero-order valence-electron chi connectivity index (χ0n) is 20.2. The lowest BCUT2D eigenvalue weighted by Gasteiger charge is -2.32. The Morgan fingerprint density at radius 2 is 2.09 bits per heavy atom. The third-order valence-corrected chi connectivity index (χ3v) is 4.48. The Balaban J connectivity index is 0.00000466. The normalized spacial score (nSPS) is 18.9. The smallest absolute Gasteiger partial charge is 0.326 e. The summed E-state index contributed by atoms with van der Waals surface area (Å²) in [4.78, 5) is 19.8. The molecular weight excluding hydrogens is 409 g/mol. The molecule has 0 aliphatic carbocycles. The maximum Gasteiger partial charge on any atom is 0.326 e. The number of allylic oxidation sites excluding steroid dienone is 6. The van der Waals surface area contributed by atoms with E-state index in [0.717, 1.165) is 12.8 Å². The first kappa shape index (κ1) is 29.2. The standard InChI is InChI=1S/C23H34FN3O3.C2H6/c1-5-8-9-12-21(7-3)30-23(25)26-29-17-19-11-10-15-27(16-19)22(28)20(6-2)14-13-18(4)24;1-2/h5-8,12-14,18-19H,3,9-11,15-17H2,1-2,4H3,(H2,25,26);1-2H3/b8-5-,14-13-,20-6+,21-12?;. The van der Waals surface area contributed by atoms with E-state index in [0.29, 0.717) is 37.4 Å². The largest absolute Gasteiger partial charge is 0.424 e. The minimum Gasteiger partial charge on any atom is -0.424 e. The summed E-state index contributed by atoms with van der Waals surface area (Å²) in [5, 5.41) is 3.80. The molecule has 7 heteroatoms. The average molecular weight is 450 g/mol. The minimum atomic E-state index is -1.10. The van der Waals surface area contributed by atoms with Gasteiger partial charge in [-0.3, -0.25) is 4.79 Å². The van der Waals surface area contributed by atoms with Gasteiger partial charge in [0.15, 0.2) is 0 Å². The highest BCUT2D eigenvalue weighted by Crippen LogP contribution is 2.19. The van der Waals surface area contributed by atoms with Gasteiger partial charge < -0.3 is 20.2 Å². The number of oxime groups is 1. The number of hydrogen-bond donors (Lipinski definition) is 1. The maximum atomic E-state index is 13.0. The van der Waals surface area contributed by atoms with E-state index in [1.807, 2.05) is 39.0 Å². The fraction of sp³-hybridized carbons (Fsp3) is 0.520. The van der Waals surface area contributed by atoms with E-state index in [4.69, 9.17) is 15.3 Å². The summed E-state index contributed by atoms with van der Waals surface area (Å²) >= 11 is 0. The number of amidine groups is 1. The van der Waals surface area contributed by atoms with Gasteiger partial charge in [-0.1, -0.05) is 50.8 Å². The number of nitrogens with zero attached hydrogens (tertiary/aromatic N) is 2. The molecule has 2 atom stereocenters. The zero-order chi connectivity index (χ0) is 24.4. The van der Waals surface area contributed by atoms with Crippen molar-refractivity contribution in [2.45, 2.75) is 60.1 Å². The van der Waals surface area contributed by atoms with Crippen molar-refractivity contribution in [3.63, 3.8) is 0 Å². The molecule has 2 N–H and O–H groups in total. The number of carbonyl (C=O) groups is 1. The van der Waals surface area contributed by atoms with E-state index in [1.165, 1.54) is 19.1 Å². The first-order valence-electron chi connectivity index (χ1n) is 11.3. The molecule has 1 aliphatic heterocycles. The molecule has 6 nitrogen and oxygen atoms in total. The highest BCUT2D eigenvalue weighted by Gasteiger charge is 2.25.